The maximum absolute atomic E-state index is 13.3. The lowest BCUT2D eigenvalue weighted by atomic mass is 9.93. The highest BCUT2D eigenvalue weighted by molar-refractivity contribution is 6.09. The number of nitrogens with one attached hydrogen (secondary N) is 1. The number of aryl methyl sites for hydroxylation is 1. The van der Waals surface area contributed by atoms with E-state index in [1.165, 1.54) is 19.1 Å². The molecule has 30 heavy (non-hydrogen) atoms. The maximum atomic E-state index is 13.3. The van der Waals surface area contributed by atoms with Crippen LogP contribution in [-0.2, 0) is 25.9 Å². The second-order valence-corrected chi connectivity index (χ2v) is 8.46. The van der Waals surface area contributed by atoms with Gasteiger partial charge >= 0.3 is 0 Å². The Hall–Kier alpha value is -2.90. The fourth-order valence-electron chi connectivity index (χ4n) is 4.54. The Balaban J connectivity index is 1.45. The molecule has 158 valence electrons. The van der Waals surface area contributed by atoms with Crippen molar-refractivity contribution in [1.29, 1.82) is 0 Å². The van der Waals surface area contributed by atoms with E-state index >= 15 is 0 Å². The molecule has 8 heteroatoms. The van der Waals surface area contributed by atoms with E-state index < -0.39 is 0 Å². The fourth-order valence-corrected chi connectivity index (χ4v) is 4.54. The number of nitrogens with zero attached hydrogens (tertiary/aromatic N) is 3. The number of aromatic nitrogens is 2. The summed E-state index contributed by atoms with van der Waals surface area (Å²) in [7, 11) is 0. The van der Waals surface area contributed by atoms with Crippen LogP contribution in [0, 0.1) is 5.92 Å². The summed E-state index contributed by atoms with van der Waals surface area (Å²) < 4.78 is 7.51. The standard InChI is InChI=1S/C22H26N4O4/c1-2-23-21(28)20-14-11-25(9-8-16(14)26(24-20)10-13-6-7-13)22(29)15-12-30-18-5-3-4-17(27)19(15)18/h12-13H,2-11H2,1H3,(H,23,28). The highest BCUT2D eigenvalue weighted by atomic mass is 16.3. The van der Waals surface area contributed by atoms with Gasteiger partial charge in [0.1, 0.15) is 12.0 Å². The van der Waals surface area contributed by atoms with Crippen LogP contribution in [0.25, 0.3) is 0 Å². The van der Waals surface area contributed by atoms with E-state index in [9.17, 15) is 14.4 Å². The van der Waals surface area contributed by atoms with Gasteiger partial charge in [-0.3, -0.25) is 19.1 Å². The van der Waals surface area contributed by atoms with Crippen LogP contribution in [0.3, 0.4) is 0 Å². The Labute approximate surface area is 174 Å². The molecule has 1 N–H and O–H groups in total. The number of rotatable bonds is 5. The lowest BCUT2D eigenvalue weighted by molar-refractivity contribution is 0.0725. The summed E-state index contributed by atoms with van der Waals surface area (Å²) >= 11 is 0. The molecule has 0 radical (unpaired) electrons. The molecule has 1 fully saturated rings. The van der Waals surface area contributed by atoms with Crippen molar-refractivity contribution in [3.8, 4) is 0 Å². The molecular weight excluding hydrogens is 384 g/mol. The maximum Gasteiger partial charge on any atom is 0.272 e. The smallest absolute Gasteiger partial charge is 0.272 e. The first kappa shape index (κ1) is 19.1. The second kappa shape index (κ2) is 7.41. The average Bonchev–Trinajstić information content (AvgIpc) is 3.33. The lowest BCUT2D eigenvalue weighted by Crippen LogP contribution is -2.37. The number of carbonyl (C=O) groups is 3. The lowest BCUT2D eigenvalue weighted by Gasteiger charge is -2.28. The zero-order chi connectivity index (χ0) is 20.8. The molecule has 0 unspecified atom stereocenters. The third-order valence-electron chi connectivity index (χ3n) is 6.29. The van der Waals surface area contributed by atoms with Gasteiger partial charge in [0, 0.05) is 50.2 Å². The van der Waals surface area contributed by atoms with Crippen molar-refractivity contribution in [2.75, 3.05) is 13.1 Å². The van der Waals surface area contributed by atoms with Crippen LogP contribution < -0.4 is 5.32 Å². The normalized spacial score (nSPS) is 18.2. The van der Waals surface area contributed by atoms with Crippen molar-refractivity contribution in [2.24, 2.45) is 5.92 Å². The van der Waals surface area contributed by atoms with Gasteiger partial charge in [-0.2, -0.15) is 5.10 Å². The molecule has 0 saturated heterocycles. The van der Waals surface area contributed by atoms with Crippen LogP contribution in [-0.4, -0.2) is 45.4 Å². The van der Waals surface area contributed by atoms with E-state index in [4.69, 9.17) is 4.42 Å². The van der Waals surface area contributed by atoms with E-state index in [2.05, 4.69) is 10.4 Å². The van der Waals surface area contributed by atoms with E-state index in [1.807, 2.05) is 11.6 Å². The Morgan fingerprint density at radius 1 is 1.27 bits per heavy atom. The quantitative estimate of drug-likeness (QED) is 0.816. The monoisotopic (exact) mass is 410 g/mol. The summed E-state index contributed by atoms with van der Waals surface area (Å²) in [6, 6.07) is 0. The van der Waals surface area contributed by atoms with Gasteiger partial charge < -0.3 is 14.6 Å². The summed E-state index contributed by atoms with van der Waals surface area (Å²) in [5.41, 5.74) is 3.09. The van der Waals surface area contributed by atoms with Gasteiger partial charge in [-0.05, 0) is 32.1 Å². The topological polar surface area (TPSA) is 97.4 Å². The molecule has 0 aromatic carbocycles. The fraction of sp³-hybridized carbons (Fsp3) is 0.545. The van der Waals surface area contributed by atoms with Crippen LogP contribution in [0.15, 0.2) is 10.7 Å². The first-order chi connectivity index (χ1) is 14.6. The molecule has 1 aliphatic heterocycles. The van der Waals surface area contributed by atoms with Crippen molar-refractivity contribution in [2.45, 2.75) is 58.5 Å². The van der Waals surface area contributed by atoms with Gasteiger partial charge in [-0.15, -0.1) is 0 Å². The number of furan rings is 1. The van der Waals surface area contributed by atoms with Crippen LogP contribution in [0.5, 0.6) is 0 Å². The average molecular weight is 410 g/mol. The van der Waals surface area contributed by atoms with E-state index in [-0.39, 0.29) is 17.6 Å². The predicted octanol–water partition coefficient (Wildman–Crippen LogP) is 2.35. The van der Waals surface area contributed by atoms with Crippen LogP contribution in [0.1, 0.15) is 80.8 Å². The predicted molar refractivity (Wildman–Crippen MR) is 107 cm³/mol. The minimum Gasteiger partial charge on any atom is -0.468 e. The zero-order valence-electron chi connectivity index (χ0n) is 17.2. The highest BCUT2D eigenvalue weighted by Crippen LogP contribution is 2.33. The summed E-state index contributed by atoms with van der Waals surface area (Å²) in [5, 5.41) is 7.46. The molecule has 3 aliphatic rings. The summed E-state index contributed by atoms with van der Waals surface area (Å²) in [6.45, 7) is 4.08. The third kappa shape index (κ3) is 3.24. The number of ketones is 1. The van der Waals surface area contributed by atoms with Crippen molar-refractivity contribution >= 4 is 17.6 Å². The molecule has 2 amide bonds. The number of hydrogen-bond acceptors (Lipinski definition) is 5. The molecule has 2 aliphatic carbocycles. The Kier molecular flexibility index (Phi) is 4.72. The number of hydrogen-bond donors (Lipinski definition) is 1. The first-order valence-electron chi connectivity index (χ1n) is 10.9. The Morgan fingerprint density at radius 3 is 2.87 bits per heavy atom. The molecule has 1 saturated carbocycles. The molecule has 3 heterocycles. The summed E-state index contributed by atoms with van der Waals surface area (Å²) in [5.74, 6) is 0.823. The molecule has 8 nitrogen and oxygen atoms in total. The first-order valence-corrected chi connectivity index (χ1v) is 10.9. The van der Waals surface area contributed by atoms with Crippen molar-refractivity contribution in [1.82, 2.24) is 20.0 Å². The molecule has 2 aromatic rings. The molecule has 0 atom stereocenters. The number of Topliss-reactive ketones (excluding diaryl/α,β-unsaturated/α-hetero) is 1. The minimum absolute atomic E-state index is 0.0219. The second-order valence-electron chi connectivity index (χ2n) is 8.46. The molecule has 2 aromatic heterocycles. The van der Waals surface area contributed by atoms with Crippen molar-refractivity contribution in [3.63, 3.8) is 0 Å². The molecule has 0 bridgehead atoms. The largest absolute Gasteiger partial charge is 0.468 e. The van der Waals surface area contributed by atoms with Gasteiger partial charge in [0.15, 0.2) is 11.5 Å². The van der Waals surface area contributed by atoms with Crippen LogP contribution in [0.4, 0.5) is 0 Å². The van der Waals surface area contributed by atoms with E-state index in [1.54, 1.807) is 4.90 Å². The zero-order valence-corrected chi connectivity index (χ0v) is 17.2. The van der Waals surface area contributed by atoms with Gasteiger partial charge in [-0.1, -0.05) is 0 Å². The SMILES string of the molecule is CCNC(=O)c1nn(CC2CC2)c2c1CN(C(=O)c1coc3c1C(=O)CCC3)CC2. The summed E-state index contributed by atoms with van der Waals surface area (Å²) in [6.07, 6.45) is 6.38. The van der Waals surface area contributed by atoms with Gasteiger partial charge in [0.25, 0.3) is 11.8 Å². The number of amides is 2. The van der Waals surface area contributed by atoms with Crippen LogP contribution in [0.2, 0.25) is 0 Å². The van der Waals surface area contributed by atoms with Gasteiger partial charge in [0.05, 0.1) is 17.7 Å². The molecule has 0 spiro atoms. The Morgan fingerprint density at radius 2 is 2.10 bits per heavy atom. The van der Waals surface area contributed by atoms with Crippen molar-refractivity contribution < 1.29 is 18.8 Å². The number of carbonyl (C=O) groups excluding carboxylic acids is 3. The molecule has 5 rings (SSSR count). The third-order valence-corrected chi connectivity index (χ3v) is 6.29. The minimum atomic E-state index is -0.210. The van der Waals surface area contributed by atoms with Gasteiger partial charge in [0.2, 0.25) is 0 Å². The molecular formula is C22H26N4O4. The summed E-state index contributed by atoms with van der Waals surface area (Å²) in [4.78, 5) is 40.0. The van der Waals surface area contributed by atoms with Gasteiger partial charge in [-0.25, -0.2) is 0 Å². The van der Waals surface area contributed by atoms with E-state index in [0.29, 0.717) is 67.4 Å². The highest BCUT2D eigenvalue weighted by Gasteiger charge is 2.35. The van der Waals surface area contributed by atoms with Crippen LogP contribution >= 0.6 is 0 Å². The number of fused-ring (bicyclic) bond motifs is 2. The Bertz CT molecular complexity index is 1030. The van der Waals surface area contributed by atoms with E-state index in [0.717, 1.165) is 24.2 Å². The van der Waals surface area contributed by atoms with Crippen molar-refractivity contribution in [3.05, 3.63) is 40.1 Å².